The number of aryl methyl sites for hydroxylation is 2. The molecule has 4 heteroatoms. The molecule has 0 radical (unpaired) electrons. The monoisotopic (exact) mass is 344 g/mol. The summed E-state index contributed by atoms with van der Waals surface area (Å²) >= 11 is 0. The number of nitrogens with one attached hydrogen (secondary N) is 1. The van der Waals surface area contributed by atoms with E-state index in [9.17, 15) is 4.79 Å². The SMILES string of the molecule is CCc1cc(N2CCOCC2)cc(CC)c1NC(=O)CC1CCCC1. The maximum absolute atomic E-state index is 12.6. The minimum atomic E-state index is 0.190. The Morgan fingerprint density at radius 3 is 2.28 bits per heavy atom. The van der Waals surface area contributed by atoms with Crippen molar-refractivity contribution in [3.8, 4) is 0 Å². The van der Waals surface area contributed by atoms with Crippen molar-refractivity contribution in [2.75, 3.05) is 36.5 Å². The van der Waals surface area contributed by atoms with Crippen LogP contribution in [0.4, 0.5) is 11.4 Å². The Hall–Kier alpha value is -1.55. The van der Waals surface area contributed by atoms with Crippen LogP contribution in [0.3, 0.4) is 0 Å². The number of rotatable bonds is 6. The van der Waals surface area contributed by atoms with E-state index >= 15 is 0 Å². The number of carbonyl (C=O) groups is 1. The van der Waals surface area contributed by atoms with Crippen molar-refractivity contribution in [1.29, 1.82) is 0 Å². The van der Waals surface area contributed by atoms with Gasteiger partial charge in [-0.25, -0.2) is 0 Å². The average molecular weight is 344 g/mol. The van der Waals surface area contributed by atoms with Crippen molar-refractivity contribution in [2.24, 2.45) is 5.92 Å². The Kier molecular flexibility index (Phi) is 6.35. The van der Waals surface area contributed by atoms with E-state index in [1.54, 1.807) is 0 Å². The molecule has 1 aliphatic heterocycles. The Morgan fingerprint density at radius 2 is 1.72 bits per heavy atom. The van der Waals surface area contributed by atoms with E-state index in [2.05, 4.69) is 36.2 Å². The van der Waals surface area contributed by atoms with Gasteiger partial charge in [0.05, 0.1) is 13.2 Å². The number of ether oxygens (including phenoxy) is 1. The summed E-state index contributed by atoms with van der Waals surface area (Å²) in [5, 5.41) is 3.26. The topological polar surface area (TPSA) is 41.6 Å². The zero-order valence-corrected chi connectivity index (χ0v) is 15.8. The molecule has 2 aliphatic rings. The molecule has 0 atom stereocenters. The third kappa shape index (κ3) is 4.55. The minimum absolute atomic E-state index is 0.190. The molecule has 1 aromatic rings. The highest BCUT2D eigenvalue weighted by Gasteiger charge is 2.21. The highest BCUT2D eigenvalue weighted by molar-refractivity contribution is 5.93. The standard InChI is InChI=1S/C21H32N2O2/c1-3-17-14-19(23-9-11-25-12-10-23)15-18(4-2)21(17)22-20(24)13-16-7-5-6-8-16/h14-16H,3-13H2,1-2H3,(H,22,24). The molecule has 4 nitrogen and oxygen atoms in total. The normalized spacial score (nSPS) is 18.6. The molecule has 0 bridgehead atoms. The van der Waals surface area contributed by atoms with Gasteiger partial charge in [-0.3, -0.25) is 4.79 Å². The third-order valence-corrected chi connectivity index (χ3v) is 5.64. The van der Waals surface area contributed by atoms with Gasteiger partial charge in [-0.2, -0.15) is 0 Å². The second-order valence-corrected chi connectivity index (χ2v) is 7.35. The largest absolute Gasteiger partial charge is 0.378 e. The van der Waals surface area contributed by atoms with Crippen molar-refractivity contribution in [2.45, 2.75) is 58.8 Å². The fourth-order valence-corrected chi connectivity index (χ4v) is 4.14. The van der Waals surface area contributed by atoms with Gasteiger partial charge in [0.2, 0.25) is 5.91 Å². The van der Waals surface area contributed by atoms with Crippen LogP contribution in [0.1, 0.15) is 57.1 Å². The quantitative estimate of drug-likeness (QED) is 0.842. The zero-order valence-electron chi connectivity index (χ0n) is 15.8. The summed E-state index contributed by atoms with van der Waals surface area (Å²) in [6.07, 6.45) is 7.54. The third-order valence-electron chi connectivity index (χ3n) is 5.64. The molecule has 1 aliphatic carbocycles. The molecule has 1 aromatic carbocycles. The van der Waals surface area contributed by atoms with Crippen molar-refractivity contribution in [1.82, 2.24) is 0 Å². The smallest absolute Gasteiger partial charge is 0.224 e. The van der Waals surface area contributed by atoms with Crippen LogP contribution in [-0.2, 0) is 22.4 Å². The van der Waals surface area contributed by atoms with Crippen molar-refractivity contribution in [3.63, 3.8) is 0 Å². The van der Waals surface area contributed by atoms with E-state index in [0.717, 1.165) is 44.8 Å². The second-order valence-electron chi connectivity index (χ2n) is 7.35. The fraction of sp³-hybridized carbons (Fsp3) is 0.667. The molecule has 3 rings (SSSR count). The Bertz CT molecular complexity index is 563. The van der Waals surface area contributed by atoms with Crippen molar-refractivity contribution < 1.29 is 9.53 Å². The first-order valence-electron chi connectivity index (χ1n) is 9.99. The summed E-state index contributed by atoms with van der Waals surface area (Å²) in [4.78, 5) is 14.9. The van der Waals surface area contributed by atoms with Crippen LogP contribution < -0.4 is 10.2 Å². The predicted octanol–water partition coefficient (Wildman–Crippen LogP) is 4.17. The number of benzene rings is 1. The van der Waals surface area contributed by atoms with Gasteiger partial charge in [-0.05, 0) is 54.9 Å². The van der Waals surface area contributed by atoms with E-state index in [1.165, 1.54) is 42.5 Å². The lowest BCUT2D eigenvalue weighted by atomic mass is 9.99. The maximum Gasteiger partial charge on any atom is 0.224 e. The summed E-state index contributed by atoms with van der Waals surface area (Å²) in [7, 11) is 0. The lowest BCUT2D eigenvalue weighted by Gasteiger charge is -2.30. The first-order chi connectivity index (χ1) is 12.2. The number of amides is 1. The Labute approximate surface area is 151 Å². The lowest BCUT2D eigenvalue weighted by Crippen LogP contribution is -2.36. The van der Waals surface area contributed by atoms with Gasteiger partial charge < -0.3 is 15.0 Å². The van der Waals surface area contributed by atoms with E-state index in [-0.39, 0.29) is 5.91 Å². The Morgan fingerprint density at radius 1 is 1.12 bits per heavy atom. The van der Waals surface area contributed by atoms with Crippen LogP contribution in [0.5, 0.6) is 0 Å². The molecule has 1 amide bonds. The summed E-state index contributed by atoms with van der Waals surface area (Å²) in [5.74, 6) is 0.776. The predicted molar refractivity (Wildman–Crippen MR) is 103 cm³/mol. The van der Waals surface area contributed by atoms with E-state index in [1.807, 2.05) is 0 Å². The van der Waals surface area contributed by atoms with E-state index in [0.29, 0.717) is 12.3 Å². The Balaban J connectivity index is 1.78. The zero-order chi connectivity index (χ0) is 17.6. The van der Waals surface area contributed by atoms with Gasteiger partial charge in [0, 0.05) is 30.9 Å². The summed E-state index contributed by atoms with van der Waals surface area (Å²) in [6, 6.07) is 4.52. The van der Waals surface area contributed by atoms with Gasteiger partial charge in [0.1, 0.15) is 0 Å². The highest BCUT2D eigenvalue weighted by Crippen LogP contribution is 2.32. The van der Waals surface area contributed by atoms with Gasteiger partial charge in [-0.15, -0.1) is 0 Å². The van der Waals surface area contributed by atoms with E-state index < -0.39 is 0 Å². The molecule has 1 N–H and O–H groups in total. The summed E-state index contributed by atoms with van der Waals surface area (Å²) in [5.41, 5.74) is 4.83. The molecule has 2 fully saturated rings. The lowest BCUT2D eigenvalue weighted by molar-refractivity contribution is -0.117. The molecule has 138 valence electrons. The molecule has 0 unspecified atom stereocenters. The molecule has 1 saturated carbocycles. The fourth-order valence-electron chi connectivity index (χ4n) is 4.14. The molecule has 1 heterocycles. The summed E-state index contributed by atoms with van der Waals surface area (Å²) in [6.45, 7) is 7.82. The van der Waals surface area contributed by atoms with Gasteiger partial charge >= 0.3 is 0 Å². The van der Waals surface area contributed by atoms with Crippen LogP contribution in [0.15, 0.2) is 12.1 Å². The molecular formula is C21H32N2O2. The molecular weight excluding hydrogens is 312 g/mol. The number of nitrogens with zero attached hydrogens (tertiary/aromatic N) is 1. The average Bonchev–Trinajstić information content (AvgIpc) is 3.15. The number of carbonyl (C=O) groups excluding carboxylic acids is 1. The molecule has 0 aromatic heterocycles. The van der Waals surface area contributed by atoms with Crippen LogP contribution >= 0.6 is 0 Å². The first kappa shape index (κ1) is 18.2. The van der Waals surface area contributed by atoms with Crippen molar-refractivity contribution >= 4 is 17.3 Å². The number of hydrogen-bond acceptors (Lipinski definition) is 3. The molecule has 25 heavy (non-hydrogen) atoms. The highest BCUT2D eigenvalue weighted by atomic mass is 16.5. The van der Waals surface area contributed by atoms with Gasteiger partial charge in [-0.1, -0.05) is 26.7 Å². The van der Waals surface area contributed by atoms with Gasteiger partial charge in [0.25, 0.3) is 0 Å². The number of anilines is 2. The van der Waals surface area contributed by atoms with Gasteiger partial charge in [0.15, 0.2) is 0 Å². The number of hydrogen-bond donors (Lipinski definition) is 1. The van der Waals surface area contributed by atoms with Crippen LogP contribution in [0.2, 0.25) is 0 Å². The minimum Gasteiger partial charge on any atom is -0.378 e. The first-order valence-corrected chi connectivity index (χ1v) is 9.99. The van der Waals surface area contributed by atoms with Crippen LogP contribution in [0, 0.1) is 5.92 Å². The van der Waals surface area contributed by atoms with Crippen LogP contribution in [0.25, 0.3) is 0 Å². The molecule has 1 saturated heterocycles. The van der Waals surface area contributed by atoms with Crippen molar-refractivity contribution in [3.05, 3.63) is 23.3 Å². The maximum atomic E-state index is 12.6. The van der Waals surface area contributed by atoms with Crippen LogP contribution in [-0.4, -0.2) is 32.2 Å². The second kappa shape index (κ2) is 8.70. The molecule has 0 spiro atoms. The number of morpholine rings is 1. The van der Waals surface area contributed by atoms with E-state index in [4.69, 9.17) is 4.74 Å². The summed E-state index contributed by atoms with van der Waals surface area (Å²) < 4.78 is 5.48.